The molecular formula is C4H7BrO3. The van der Waals surface area contributed by atoms with Crippen LogP contribution in [-0.2, 0) is 9.59 Å². The largest absolute Gasteiger partial charge is 0.481 e. The molecule has 0 aromatic carbocycles. The SMILES string of the molecule is CC(=O)Br.CC(=O)O. The number of carboxylic acid groups (broad SMARTS) is 1. The van der Waals surface area contributed by atoms with Gasteiger partial charge in [0.25, 0.3) is 5.97 Å². The van der Waals surface area contributed by atoms with Crippen molar-refractivity contribution >= 4 is 26.6 Å². The summed E-state index contributed by atoms with van der Waals surface area (Å²) in [5, 5.41) is 7.42. The third-order valence-electron chi connectivity index (χ3n) is 0. The molecule has 0 saturated carbocycles. The first-order valence-corrected chi connectivity index (χ1v) is 2.61. The van der Waals surface area contributed by atoms with Gasteiger partial charge < -0.3 is 5.11 Å². The van der Waals surface area contributed by atoms with Crippen molar-refractivity contribution in [2.24, 2.45) is 0 Å². The third kappa shape index (κ3) is 831. The van der Waals surface area contributed by atoms with E-state index in [0.29, 0.717) is 0 Å². The first-order chi connectivity index (χ1) is 3.46. The van der Waals surface area contributed by atoms with Crippen LogP contribution >= 0.6 is 15.9 Å². The van der Waals surface area contributed by atoms with Gasteiger partial charge in [0.2, 0.25) is 0 Å². The molecule has 0 rings (SSSR count). The van der Waals surface area contributed by atoms with Crippen LogP contribution in [-0.4, -0.2) is 15.8 Å². The molecule has 48 valence electrons. The van der Waals surface area contributed by atoms with E-state index in [4.69, 9.17) is 9.90 Å². The van der Waals surface area contributed by atoms with E-state index in [-0.39, 0.29) is 4.69 Å². The molecule has 0 atom stereocenters. The molecule has 0 aliphatic heterocycles. The number of carbonyl (C=O) groups excluding carboxylic acids is 1. The van der Waals surface area contributed by atoms with E-state index in [2.05, 4.69) is 15.9 Å². The Hall–Kier alpha value is -0.380. The molecule has 0 radical (unpaired) electrons. The third-order valence-corrected chi connectivity index (χ3v) is 0. The first-order valence-electron chi connectivity index (χ1n) is 1.82. The fourth-order valence-electron chi connectivity index (χ4n) is 0. The summed E-state index contributed by atoms with van der Waals surface area (Å²) in [4.78, 5) is 18.4. The summed E-state index contributed by atoms with van der Waals surface area (Å²) in [6.45, 7) is 2.53. The van der Waals surface area contributed by atoms with E-state index in [1.54, 1.807) is 0 Å². The maximum absolute atomic E-state index is 9.36. The van der Waals surface area contributed by atoms with Crippen molar-refractivity contribution in [1.29, 1.82) is 0 Å². The van der Waals surface area contributed by atoms with Crippen molar-refractivity contribution in [2.75, 3.05) is 0 Å². The molecule has 8 heavy (non-hydrogen) atoms. The molecule has 0 unspecified atom stereocenters. The van der Waals surface area contributed by atoms with Gasteiger partial charge in [-0.3, -0.25) is 9.59 Å². The van der Waals surface area contributed by atoms with Gasteiger partial charge in [0.1, 0.15) is 0 Å². The second-order valence-electron chi connectivity index (χ2n) is 0.989. The van der Waals surface area contributed by atoms with E-state index in [1.807, 2.05) is 0 Å². The van der Waals surface area contributed by atoms with Gasteiger partial charge >= 0.3 is 0 Å². The second-order valence-corrected chi connectivity index (χ2v) is 2.11. The van der Waals surface area contributed by atoms with E-state index >= 15 is 0 Å². The van der Waals surface area contributed by atoms with Gasteiger partial charge in [-0.1, -0.05) is 0 Å². The fourth-order valence-corrected chi connectivity index (χ4v) is 0. The molecule has 4 heteroatoms. The van der Waals surface area contributed by atoms with Gasteiger partial charge in [0.15, 0.2) is 4.69 Å². The summed E-state index contributed by atoms with van der Waals surface area (Å²) in [6.07, 6.45) is 0. The molecule has 0 fully saturated rings. The minimum absolute atomic E-state index is 0.0208. The van der Waals surface area contributed by atoms with Crippen LogP contribution in [0, 0.1) is 0 Å². The van der Waals surface area contributed by atoms with E-state index in [0.717, 1.165) is 6.92 Å². The van der Waals surface area contributed by atoms with Crippen molar-refractivity contribution < 1.29 is 14.7 Å². The second kappa shape index (κ2) is 6.62. The maximum Gasteiger partial charge on any atom is 0.300 e. The Morgan fingerprint density at radius 2 is 1.38 bits per heavy atom. The number of hydrogen-bond acceptors (Lipinski definition) is 2. The molecule has 0 aliphatic rings. The van der Waals surface area contributed by atoms with Crippen LogP contribution in [0.2, 0.25) is 0 Å². The zero-order valence-electron chi connectivity index (χ0n) is 4.64. The lowest BCUT2D eigenvalue weighted by Gasteiger charge is -1.59. The Morgan fingerprint density at radius 1 is 1.38 bits per heavy atom. The Balaban J connectivity index is 0. The van der Waals surface area contributed by atoms with E-state index < -0.39 is 5.97 Å². The van der Waals surface area contributed by atoms with Crippen molar-refractivity contribution in [3.05, 3.63) is 0 Å². The summed E-state index contributed by atoms with van der Waals surface area (Å²) in [5.74, 6) is -0.833. The molecule has 0 spiro atoms. The van der Waals surface area contributed by atoms with Crippen molar-refractivity contribution in [2.45, 2.75) is 13.8 Å². The Morgan fingerprint density at radius 3 is 1.38 bits per heavy atom. The normalized spacial score (nSPS) is 6.38. The summed E-state index contributed by atoms with van der Waals surface area (Å²) < 4.78 is -0.0208. The van der Waals surface area contributed by atoms with Crippen molar-refractivity contribution in [3.63, 3.8) is 0 Å². The molecule has 0 aliphatic carbocycles. The average molecular weight is 183 g/mol. The fraction of sp³-hybridized carbons (Fsp3) is 0.500. The highest BCUT2D eigenvalue weighted by Crippen LogP contribution is 1.74. The topological polar surface area (TPSA) is 54.4 Å². The van der Waals surface area contributed by atoms with Crippen LogP contribution in [0.25, 0.3) is 0 Å². The van der Waals surface area contributed by atoms with Crippen LogP contribution < -0.4 is 0 Å². The zero-order valence-corrected chi connectivity index (χ0v) is 6.23. The van der Waals surface area contributed by atoms with Crippen LogP contribution in [0.1, 0.15) is 13.8 Å². The average Bonchev–Trinajstić information content (AvgIpc) is 1.25. The van der Waals surface area contributed by atoms with Crippen molar-refractivity contribution in [3.8, 4) is 0 Å². The van der Waals surface area contributed by atoms with Crippen LogP contribution in [0.5, 0.6) is 0 Å². The maximum atomic E-state index is 9.36. The van der Waals surface area contributed by atoms with Gasteiger partial charge in [0, 0.05) is 13.8 Å². The van der Waals surface area contributed by atoms with E-state index in [9.17, 15) is 4.79 Å². The Kier molecular flexibility index (Phi) is 8.75. The van der Waals surface area contributed by atoms with Gasteiger partial charge in [-0.25, -0.2) is 0 Å². The standard InChI is InChI=1S/C2H3BrO.C2H4O2/c2*1-2(3)4/h1H3;1H3,(H,3,4). The molecule has 0 bridgehead atoms. The number of aliphatic carboxylic acids is 1. The number of hydrogen-bond donors (Lipinski definition) is 1. The first kappa shape index (κ1) is 10.6. The van der Waals surface area contributed by atoms with Crippen molar-refractivity contribution in [1.82, 2.24) is 0 Å². The minimum atomic E-state index is -0.833. The molecule has 0 heterocycles. The Labute approximate surface area is 55.8 Å². The molecular weight excluding hydrogens is 176 g/mol. The number of carboxylic acids is 1. The number of halogens is 1. The zero-order chi connectivity index (χ0) is 7.15. The lowest BCUT2D eigenvalue weighted by molar-refractivity contribution is -0.134. The summed E-state index contributed by atoms with van der Waals surface area (Å²) in [7, 11) is 0. The molecule has 3 nitrogen and oxygen atoms in total. The molecule has 0 amide bonds. The highest BCUT2D eigenvalue weighted by molar-refractivity contribution is 9.18. The predicted molar refractivity (Wildman–Crippen MR) is 32.9 cm³/mol. The molecule has 0 saturated heterocycles. The summed E-state index contributed by atoms with van der Waals surface area (Å²) in [6, 6.07) is 0. The van der Waals surface area contributed by atoms with Gasteiger partial charge in [-0.2, -0.15) is 0 Å². The summed E-state index contributed by atoms with van der Waals surface area (Å²) in [5.41, 5.74) is 0. The molecule has 0 aromatic rings. The van der Waals surface area contributed by atoms with Crippen LogP contribution in [0.4, 0.5) is 0 Å². The molecule has 1 N–H and O–H groups in total. The minimum Gasteiger partial charge on any atom is -0.481 e. The Bertz CT molecular complexity index is 69.3. The quantitative estimate of drug-likeness (QED) is 0.570. The molecule has 0 aromatic heterocycles. The lowest BCUT2D eigenvalue weighted by atomic mass is 10.9. The highest BCUT2D eigenvalue weighted by atomic mass is 79.9. The van der Waals surface area contributed by atoms with Gasteiger partial charge in [0.05, 0.1) is 0 Å². The summed E-state index contributed by atoms with van der Waals surface area (Å²) >= 11 is 2.63. The number of carbonyl (C=O) groups is 2. The predicted octanol–water partition coefficient (Wildman–Crippen LogP) is 1.02. The van der Waals surface area contributed by atoms with Crippen LogP contribution in [0.3, 0.4) is 0 Å². The van der Waals surface area contributed by atoms with Gasteiger partial charge in [-0.15, -0.1) is 0 Å². The smallest absolute Gasteiger partial charge is 0.300 e. The number of rotatable bonds is 0. The lowest BCUT2D eigenvalue weighted by Crippen LogP contribution is -1.78. The van der Waals surface area contributed by atoms with Crippen LogP contribution in [0.15, 0.2) is 0 Å². The van der Waals surface area contributed by atoms with Gasteiger partial charge in [-0.05, 0) is 15.9 Å². The monoisotopic (exact) mass is 182 g/mol. The highest BCUT2D eigenvalue weighted by Gasteiger charge is 1.66. The van der Waals surface area contributed by atoms with E-state index in [1.165, 1.54) is 6.92 Å².